The number of aromatic nitrogens is 2. The third-order valence-electron chi connectivity index (χ3n) is 5.38. The molecule has 1 fully saturated rings. The van der Waals surface area contributed by atoms with E-state index in [1.807, 2.05) is 47.4 Å². The van der Waals surface area contributed by atoms with Gasteiger partial charge in [0.1, 0.15) is 0 Å². The third kappa shape index (κ3) is 5.21. The summed E-state index contributed by atoms with van der Waals surface area (Å²) in [5.41, 5.74) is 4.13. The number of carbonyl (C=O) groups is 1. The maximum absolute atomic E-state index is 12.7. The van der Waals surface area contributed by atoms with Gasteiger partial charge in [-0.25, -0.2) is 0 Å². The summed E-state index contributed by atoms with van der Waals surface area (Å²) in [4.78, 5) is 23.9. The highest BCUT2D eigenvalue weighted by molar-refractivity contribution is 6.30. The molecule has 3 heterocycles. The summed E-state index contributed by atoms with van der Waals surface area (Å²) in [6.07, 6.45) is 4.93. The van der Waals surface area contributed by atoms with Crippen LogP contribution in [0.2, 0.25) is 5.02 Å². The molecule has 1 saturated heterocycles. The first-order valence-corrected chi connectivity index (χ1v) is 10.4. The number of halogens is 1. The van der Waals surface area contributed by atoms with Crippen LogP contribution in [0.4, 0.5) is 0 Å². The minimum Gasteiger partial charge on any atom is -0.342 e. The van der Waals surface area contributed by atoms with E-state index in [2.05, 4.69) is 23.2 Å². The number of nitrogens with zero attached hydrogens (tertiary/aromatic N) is 3. The van der Waals surface area contributed by atoms with Crippen LogP contribution in [-0.4, -0.2) is 33.9 Å². The van der Waals surface area contributed by atoms with Gasteiger partial charge in [-0.1, -0.05) is 35.9 Å². The van der Waals surface area contributed by atoms with E-state index in [1.165, 1.54) is 5.56 Å². The molecule has 4 rings (SSSR count). The SMILES string of the molecule is O=C(Cc1ccccn1)N1CCCC(c2cccc(Cc3ccc(Cl)cc3)n2)C1. The zero-order valence-corrected chi connectivity index (χ0v) is 17.1. The summed E-state index contributed by atoms with van der Waals surface area (Å²) in [5, 5.41) is 0.744. The highest BCUT2D eigenvalue weighted by atomic mass is 35.5. The zero-order chi connectivity index (χ0) is 20.1. The molecule has 0 radical (unpaired) electrons. The predicted octanol–water partition coefficient (Wildman–Crippen LogP) is 4.67. The molecule has 0 spiro atoms. The molecule has 3 aromatic rings. The molecule has 1 aliphatic heterocycles. The van der Waals surface area contributed by atoms with Crippen LogP contribution in [0.5, 0.6) is 0 Å². The lowest BCUT2D eigenvalue weighted by Crippen LogP contribution is -2.40. The molecule has 1 aromatic carbocycles. The number of carbonyl (C=O) groups excluding carboxylic acids is 1. The normalized spacial score (nSPS) is 16.6. The maximum Gasteiger partial charge on any atom is 0.228 e. The Hall–Kier alpha value is -2.72. The fourth-order valence-corrected chi connectivity index (χ4v) is 3.98. The Balaban J connectivity index is 1.42. The van der Waals surface area contributed by atoms with Crippen LogP contribution in [0.15, 0.2) is 66.9 Å². The average molecular weight is 406 g/mol. The average Bonchev–Trinajstić information content (AvgIpc) is 2.76. The minimum atomic E-state index is 0.144. The molecule has 148 valence electrons. The Bertz CT molecular complexity index is 959. The highest BCUT2D eigenvalue weighted by Gasteiger charge is 2.25. The van der Waals surface area contributed by atoms with Gasteiger partial charge in [0, 0.05) is 53.7 Å². The number of hydrogen-bond acceptors (Lipinski definition) is 3. The Morgan fingerprint density at radius 1 is 1.03 bits per heavy atom. The van der Waals surface area contributed by atoms with Gasteiger partial charge in [-0.15, -0.1) is 0 Å². The second-order valence-electron chi connectivity index (χ2n) is 7.53. The standard InChI is InChI=1S/C24H24ClN3O/c25-20-11-9-18(10-12-20)15-22-7-3-8-23(27-22)19-5-4-14-28(17-19)24(29)16-21-6-1-2-13-26-21/h1-3,6-13,19H,4-5,14-17H2. The summed E-state index contributed by atoms with van der Waals surface area (Å²) >= 11 is 5.98. The first kappa shape index (κ1) is 19.6. The van der Waals surface area contributed by atoms with Crippen LogP contribution in [-0.2, 0) is 17.6 Å². The molecule has 4 nitrogen and oxygen atoms in total. The first-order valence-electron chi connectivity index (χ1n) is 10.1. The zero-order valence-electron chi connectivity index (χ0n) is 16.3. The van der Waals surface area contributed by atoms with Gasteiger partial charge in [0.2, 0.25) is 5.91 Å². The van der Waals surface area contributed by atoms with Crippen LogP contribution in [0.3, 0.4) is 0 Å². The molecular formula is C24H24ClN3O. The molecule has 2 aromatic heterocycles. The van der Waals surface area contributed by atoms with Crippen molar-refractivity contribution in [3.05, 3.63) is 94.5 Å². The van der Waals surface area contributed by atoms with Crippen molar-refractivity contribution in [2.45, 2.75) is 31.6 Å². The molecule has 1 aliphatic rings. The quantitative estimate of drug-likeness (QED) is 0.619. The van der Waals surface area contributed by atoms with Crippen molar-refractivity contribution < 1.29 is 4.79 Å². The molecule has 1 atom stereocenters. The summed E-state index contributed by atoms with van der Waals surface area (Å²) in [6.45, 7) is 1.54. The van der Waals surface area contributed by atoms with Crippen LogP contribution < -0.4 is 0 Å². The van der Waals surface area contributed by atoms with E-state index < -0.39 is 0 Å². The number of rotatable bonds is 5. The number of likely N-dealkylation sites (tertiary alicyclic amines) is 1. The smallest absolute Gasteiger partial charge is 0.228 e. The van der Waals surface area contributed by atoms with Gasteiger partial charge in [-0.2, -0.15) is 0 Å². The van der Waals surface area contributed by atoms with Gasteiger partial charge in [-0.05, 0) is 54.8 Å². The molecule has 5 heteroatoms. The summed E-state index contributed by atoms with van der Waals surface area (Å²) in [5.74, 6) is 0.423. The fraction of sp³-hybridized carbons (Fsp3) is 0.292. The summed E-state index contributed by atoms with van der Waals surface area (Å²) in [7, 11) is 0. The Morgan fingerprint density at radius 2 is 1.86 bits per heavy atom. The topological polar surface area (TPSA) is 46.1 Å². The molecular weight excluding hydrogens is 382 g/mol. The van der Waals surface area contributed by atoms with Crippen molar-refractivity contribution in [3.63, 3.8) is 0 Å². The van der Waals surface area contributed by atoms with Crippen molar-refractivity contribution in [3.8, 4) is 0 Å². The molecule has 0 bridgehead atoms. The molecule has 0 saturated carbocycles. The summed E-state index contributed by atoms with van der Waals surface area (Å²) < 4.78 is 0. The van der Waals surface area contributed by atoms with Gasteiger partial charge >= 0.3 is 0 Å². The van der Waals surface area contributed by atoms with Crippen LogP contribution in [0.1, 0.15) is 41.4 Å². The van der Waals surface area contributed by atoms with E-state index >= 15 is 0 Å². The van der Waals surface area contributed by atoms with E-state index in [1.54, 1.807) is 6.20 Å². The van der Waals surface area contributed by atoms with E-state index in [4.69, 9.17) is 16.6 Å². The van der Waals surface area contributed by atoms with Gasteiger partial charge in [0.15, 0.2) is 0 Å². The number of pyridine rings is 2. The van der Waals surface area contributed by atoms with Crippen LogP contribution >= 0.6 is 11.6 Å². The summed E-state index contributed by atoms with van der Waals surface area (Å²) in [6, 6.07) is 19.8. The van der Waals surface area contributed by atoms with Gasteiger partial charge < -0.3 is 4.90 Å². The molecule has 0 N–H and O–H groups in total. The largest absolute Gasteiger partial charge is 0.342 e. The van der Waals surface area contributed by atoms with Gasteiger partial charge in [-0.3, -0.25) is 14.8 Å². The number of amides is 1. The monoisotopic (exact) mass is 405 g/mol. The van der Waals surface area contributed by atoms with E-state index in [0.717, 1.165) is 54.5 Å². The molecule has 0 aliphatic carbocycles. The first-order chi connectivity index (χ1) is 14.2. The van der Waals surface area contributed by atoms with Crippen molar-refractivity contribution in [2.75, 3.05) is 13.1 Å². The molecule has 1 amide bonds. The second kappa shape index (κ2) is 9.19. The number of hydrogen-bond donors (Lipinski definition) is 0. The van der Waals surface area contributed by atoms with Crippen molar-refractivity contribution in [1.29, 1.82) is 0 Å². The Labute approximate surface area is 176 Å². The minimum absolute atomic E-state index is 0.144. The lowest BCUT2D eigenvalue weighted by molar-refractivity contribution is -0.131. The lowest BCUT2D eigenvalue weighted by atomic mass is 9.93. The third-order valence-corrected chi connectivity index (χ3v) is 5.63. The lowest BCUT2D eigenvalue weighted by Gasteiger charge is -2.32. The van der Waals surface area contributed by atoms with E-state index in [-0.39, 0.29) is 11.8 Å². The van der Waals surface area contributed by atoms with Crippen molar-refractivity contribution in [2.24, 2.45) is 0 Å². The Morgan fingerprint density at radius 3 is 2.66 bits per heavy atom. The number of benzene rings is 1. The second-order valence-corrected chi connectivity index (χ2v) is 7.97. The van der Waals surface area contributed by atoms with E-state index in [9.17, 15) is 4.79 Å². The number of piperidine rings is 1. The Kier molecular flexibility index (Phi) is 6.20. The fourth-order valence-electron chi connectivity index (χ4n) is 3.85. The van der Waals surface area contributed by atoms with Gasteiger partial charge in [0.25, 0.3) is 0 Å². The van der Waals surface area contributed by atoms with Gasteiger partial charge in [0.05, 0.1) is 6.42 Å². The van der Waals surface area contributed by atoms with Crippen LogP contribution in [0.25, 0.3) is 0 Å². The maximum atomic E-state index is 12.7. The highest BCUT2D eigenvalue weighted by Crippen LogP contribution is 2.26. The molecule has 29 heavy (non-hydrogen) atoms. The van der Waals surface area contributed by atoms with Crippen LogP contribution in [0, 0.1) is 0 Å². The van der Waals surface area contributed by atoms with E-state index in [0.29, 0.717) is 6.42 Å². The van der Waals surface area contributed by atoms with Crippen molar-refractivity contribution in [1.82, 2.24) is 14.9 Å². The molecule has 1 unspecified atom stereocenters. The van der Waals surface area contributed by atoms with Crippen molar-refractivity contribution >= 4 is 17.5 Å². The predicted molar refractivity (Wildman–Crippen MR) is 115 cm³/mol.